The van der Waals surface area contributed by atoms with Crippen LogP contribution >= 0.6 is 0 Å². The summed E-state index contributed by atoms with van der Waals surface area (Å²) in [6.07, 6.45) is 9.58. The molecule has 1 radical (unpaired) electrons. The molecular weight excluding hydrogens is 194 g/mol. The SMILES string of the molecule is [CH]1CCC(c2cnc3ccccc3c2)CC1. The summed E-state index contributed by atoms with van der Waals surface area (Å²) < 4.78 is 0. The maximum atomic E-state index is 4.55. The Morgan fingerprint density at radius 3 is 2.75 bits per heavy atom. The number of pyridine rings is 1. The van der Waals surface area contributed by atoms with Crippen molar-refractivity contribution in [2.24, 2.45) is 0 Å². The maximum Gasteiger partial charge on any atom is 0.0702 e. The summed E-state index contributed by atoms with van der Waals surface area (Å²) >= 11 is 0. The minimum absolute atomic E-state index is 0.724. The van der Waals surface area contributed by atoms with Crippen molar-refractivity contribution >= 4 is 10.9 Å². The average molecular weight is 210 g/mol. The van der Waals surface area contributed by atoms with Gasteiger partial charge in [0.05, 0.1) is 5.52 Å². The number of rotatable bonds is 1. The van der Waals surface area contributed by atoms with Gasteiger partial charge in [-0.3, -0.25) is 4.98 Å². The zero-order valence-corrected chi connectivity index (χ0v) is 9.39. The van der Waals surface area contributed by atoms with Crippen LogP contribution in [0.15, 0.2) is 36.5 Å². The van der Waals surface area contributed by atoms with Crippen molar-refractivity contribution in [1.82, 2.24) is 4.98 Å². The Labute approximate surface area is 96.5 Å². The first-order valence-corrected chi connectivity index (χ1v) is 6.10. The maximum absolute atomic E-state index is 4.55. The smallest absolute Gasteiger partial charge is 0.0702 e. The summed E-state index contributed by atoms with van der Waals surface area (Å²) in [7, 11) is 0. The van der Waals surface area contributed by atoms with Crippen molar-refractivity contribution in [3.05, 3.63) is 48.5 Å². The Kier molecular flexibility index (Phi) is 2.61. The third-order valence-electron chi connectivity index (χ3n) is 3.52. The molecule has 1 aliphatic rings. The fourth-order valence-corrected chi connectivity index (χ4v) is 2.57. The van der Waals surface area contributed by atoms with E-state index in [9.17, 15) is 0 Å². The number of nitrogens with zero attached hydrogens (tertiary/aromatic N) is 1. The van der Waals surface area contributed by atoms with Gasteiger partial charge < -0.3 is 0 Å². The van der Waals surface area contributed by atoms with Crippen molar-refractivity contribution in [3.63, 3.8) is 0 Å². The molecule has 1 heterocycles. The lowest BCUT2D eigenvalue weighted by Gasteiger charge is -2.21. The molecule has 1 heteroatoms. The molecule has 0 saturated heterocycles. The first kappa shape index (κ1) is 9.83. The van der Waals surface area contributed by atoms with E-state index < -0.39 is 0 Å². The van der Waals surface area contributed by atoms with E-state index in [1.165, 1.54) is 36.6 Å². The van der Waals surface area contributed by atoms with Crippen molar-refractivity contribution < 1.29 is 0 Å². The summed E-state index contributed by atoms with van der Waals surface area (Å²) in [4.78, 5) is 4.55. The molecule has 16 heavy (non-hydrogen) atoms. The predicted octanol–water partition coefficient (Wildman–Crippen LogP) is 4.10. The molecule has 81 valence electrons. The quantitative estimate of drug-likeness (QED) is 0.690. The van der Waals surface area contributed by atoms with E-state index in [2.05, 4.69) is 41.9 Å². The van der Waals surface area contributed by atoms with Gasteiger partial charge in [-0.05, 0) is 55.7 Å². The van der Waals surface area contributed by atoms with Crippen molar-refractivity contribution in [1.29, 1.82) is 0 Å². The average Bonchev–Trinajstić information content (AvgIpc) is 2.39. The highest BCUT2D eigenvalue weighted by Gasteiger charge is 2.15. The number of hydrogen-bond acceptors (Lipinski definition) is 1. The van der Waals surface area contributed by atoms with Crippen LogP contribution in [-0.4, -0.2) is 4.98 Å². The monoisotopic (exact) mass is 210 g/mol. The van der Waals surface area contributed by atoms with Crippen LogP contribution < -0.4 is 0 Å². The van der Waals surface area contributed by atoms with Crippen LogP contribution in [0, 0.1) is 6.42 Å². The molecule has 1 nitrogen and oxygen atoms in total. The van der Waals surface area contributed by atoms with Crippen molar-refractivity contribution in [2.75, 3.05) is 0 Å². The molecule has 3 rings (SSSR count). The highest BCUT2D eigenvalue weighted by atomic mass is 14.6. The molecular formula is C15H16N. The lowest BCUT2D eigenvalue weighted by atomic mass is 9.84. The summed E-state index contributed by atoms with van der Waals surface area (Å²) in [6.45, 7) is 0. The van der Waals surface area contributed by atoms with Gasteiger partial charge >= 0.3 is 0 Å². The van der Waals surface area contributed by atoms with Gasteiger partial charge in [0.1, 0.15) is 0 Å². The topological polar surface area (TPSA) is 12.9 Å². The molecule has 0 N–H and O–H groups in total. The molecule has 2 aromatic rings. The van der Waals surface area contributed by atoms with Gasteiger partial charge in [-0.15, -0.1) is 0 Å². The van der Waals surface area contributed by atoms with E-state index in [-0.39, 0.29) is 0 Å². The molecule has 1 fully saturated rings. The highest BCUT2D eigenvalue weighted by Crippen LogP contribution is 2.32. The Morgan fingerprint density at radius 1 is 1.06 bits per heavy atom. The van der Waals surface area contributed by atoms with E-state index in [4.69, 9.17) is 0 Å². The van der Waals surface area contributed by atoms with Crippen LogP contribution in [0.3, 0.4) is 0 Å². The Morgan fingerprint density at radius 2 is 1.88 bits per heavy atom. The minimum atomic E-state index is 0.724. The number of fused-ring (bicyclic) bond motifs is 1. The van der Waals surface area contributed by atoms with Crippen molar-refractivity contribution in [2.45, 2.75) is 31.6 Å². The molecule has 0 spiro atoms. The second-order valence-electron chi connectivity index (χ2n) is 4.60. The van der Waals surface area contributed by atoms with Crippen LogP contribution in [0.2, 0.25) is 0 Å². The van der Waals surface area contributed by atoms with Gasteiger partial charge in [-0.25, -0.2) is 0 Å². The summed E-state index contributed by atoms with van der Waals surface area (Å²) in [5.41, 5.74) is 2.53. The lowest BCUT2D eigenvalue weighted by Crippen LogP contribution is -2.05. The Hall–Kier alpha value is -1.37. The largest absolute Gasteiger partial charge is 0.256 e. The van der Waals surface area contributed by atoms with Gasteiger partial charge in [-0.2, -0.15) is 0 Å². The zero-order valence-electron chi connectivity index (χ0n) is 9.39. The normalized spacial score (nSPS) is 17.8. The third-order valence-corrected chi connectivity index (χ3v) is 3.52. The molecule has 0 amide bonds. The summed E-state index contributed by atoms with van der Waals surface area (Å²) in [5, 5.41) is 1.27. The van der Waals surface area contributed by atoms with E-state index in [0.717, 1.165) is 11.4 Å². The zero-order chi connectivity index (χ0) is 10.8. The predicted molar refractivity (Wildman–Crippen MR) is 67.3 cm³/mol. The number of para-hydroxylation sites is 1. The van der Waals surface area contributed by atoms with Crippen LogP contribution in [0.1, 0.15) is 37.2 Å². The second kappa shape index (κ2) is 4.25. The lowest BCUT2D eigenvalue weighted by molar-refractivity contribution is 0.511. The first-order chi connectivity index (χ1) is 7.93. The van der Waals surface area contributed by atoms with Crippen LogP contribution in [-0.2, 0) is 0 Å². The molecule has 1 aliphatic carbocycles. The number of hydrogen-bond donors (Lipinski definition) is 0. The molecule has 0 bridgehead atoms. The van der Waals surface area contributed by atoms with Gasteiger partial charge in [0.25, 0.3) is 0 Å². The van der Waals surface area contributed by atoms with E-state index >= 15 is 0 Å². The summed E-state index contributed by atoms with van der Waals surface area (Å²) in [5.74, 6) is 0.724. The number of benzene rings is 1. The van der Waals surface area contributed by atoms with E-state index in [0.29, 0.717) is 0 Å². The van der Waals surface area contributed by atoms with Crippen LogP contribution in [0.5, 0.6) is 0 Å². The first-order valence-electron chi connectivity index (χ1n) is 6.10. The summed E-state index contributed by atoms with van der Waals surface area (Å²) in [6, 6.07) is 10.7. The van der Waals surface area contributed by atoms with Gasteiger partial charge in [0.15, 0.2) is 0 Å². The Bertz CT molecular complexity index is 484. The molecule has 0 aliphatic heterocycles. The second-order valence-corrected chi connectivity index (χ2v) is 4.60. The van der Waals surface area contributed by atoms with Gasteiger partial charge in [-0.1, -0.05) is 18.2 Å². The fourth-order valence-electron chi connectivity index (χ4n) is 2.57. The Balaban J connectivity index is 1.97. The van der Waals surface area contributed by atoms with Gasteiger partial charge in [0.2, 0.25) is 0 Å². The minimum Gasteiger partial charge on any atom is -0.256 e. The number of aromatic nitrogens is 1. The van der Waals surface area contributed by atoms with Gasteiger partial charge in [0, 0.05) is 11.6 Å². The fraction of sp³-hybridized carbons (Fsp3) is 0.333. The molecule has 0 atom stereocenters. The standard InChI is InChI=1S/C15H16N/c1-2-6-12(7-3-1)14-10-13-8-4-5-9-15(13)16-11-14/h1,4-5,8-12H,2-3,6-7H2. The van der Waals surface area contributed by atoms with E-state index in [1.54, 1.807) is 0 Å². The van der Waals surface area contributed by atoms with Crippen molar-refractivity contribution in [3.8, 4) is 0 Å². The molecule has 0 unspecified atom stereocenters. The highest BCUT2D eigenvalue weighted by molar-refractivity contribution is 5.78. The van der Waals surface area contributed by atoms with E-state index in [1.807, 2.05) is 6.07 Å². The molecule has 1 aromatic carbocycles. The van der Waals surface area contributed by atoms with Crippen LogP contribution in [0.4, 0.5) is 0 Å². The third kappa shape index (κ3) is 1.82. The molecule has 1 aromatic heterocycles. The van der Waals surface area contributed by atoms with Crippen LogP contribution in [0.25, 0.3) is 10.9 Å². The molecule has 1 saturated carbocycles.